The van der Waals surface area contributed by atoms with Gasteiger partial charge in [0, 0.05) is 26.2 Å². The van der Waals surface area contributed by atoms with Crippen LogP contribution in [0.1, 0.15) is 59.3 Å². The van der Waals surface area contributed by atoms with Crippen molar-refractivity contribution in [3.8, 4) is 0 Å². The molecule has 120 valence electrons. The second-order valence-corrected chi connectivity index (χ2v) is 6.82. The van der Waals surface area contributed by atoms with Crippen LogP contribution < -0.4 is 5.32 Å². The lowest BCUT2D eigenvalue weighted by molar-refractivity contribution is 0.0790. The minimum atomic E-state index is 0.313. The van der Waals surface area contributed by atoms with E-state index in [2.05, 4.69) is 31.0 Å². The van der Waals surface area contributed by atoms with Gasteiger partial charge in [-0.1, -0.05) is 33.6 Å². The number of aliphatic hydroxyl groups is 1. The summed E-state index contributed by atoms with van der Waals surface area (Å²) in [5.41, 5.74) is 0.457. The van der Waals surface area contributed by atoms with Gasteiger partial charge in [0.1, 0.15) is 0 Å². The van der Waals surface area contributed by atoms with E-state index < -0.39 is 0 Å². The first kappa shape index (κ1) is 17.9. The molecule has 0 aromatic carbocycles. The number of rotatable bonds is 10. The van der Waals surface area contributed by atoms with E-state index in [9.17, 15) is 0 Å². The highest BCUT2D eigenvalue weighted by Gasteiger charge is 2.35. The van der Waals surface area contributed by atoms with E-state index in [1.807, 2.05) is 0 Å². The molecular weight excluding hydrogens is 248 g/mol. The number of hydrogen-bond acceptors (Lipinski definition) is 3. The van der Waals surface area contributed by atoms with Gasteiger partial charge in [-0.3, -0.25) is 0 Å². The van der Waals surface area contributed by atoms with Gasteiger partial charge in [0.05, 0.1) is 0 Å². The van der Waals surface area contributed by atoms with E-state index in [4.69, 9.17) is 5.11 Å². The molecule has 0 aromatic heterocycles. The monoisotopic (exact) mass is 284 g/mol. The first-order valence-electron chi connectivity index (χ1n) is 8.69. The van der Waals surface area contributed by atoms with Crippen molar-refractivity contribution in [2.75, 3.05) is 39.3 Å². The summed E-state index contributed by atoms with van der Waals surface area (Å²) in [5.74, 6) is 0.865. The maximum atomic E-state index is 9.06. The van der Waals surface area contributed by atoms with Crippen LogP contribution in [0.25, 0.3) is 0 Å². The number of nitrogens with zero attached hydrogens (tertiary/aromatic N) is 1. The van der Waals surface area contributed by atoms with Gasteiger partial charge in [-0.05, 0) is 50.1 Å². The topological polar surface area (TPSA) is 35.5 Å². The van der Waals surface area contributed by atoms with E-state index in [1.165, 1.54) is 45.2 Å². The molecule has 0 spiro atoms. The van der Waals surface area contributed by atoms with Gasteiger partial charge in [-0.2, -0.15) is 0 Å². The van der Waals surface area contributed by atoms with E-state index in [0.29, 0.717) is 12.0 Å². The van der Waals surface area contributed by atoms with Gasteiger partial charge < -0.3 is 15.3 Å². The SMILES string of the molecule is CCCNCC1(CN(CC)CCCO)CCCC(C)C1. The predicted molar refractivity (Wildman–Crippen MR) is 87.0 cm³/mol. The number of hydrogen-bond donors (Lipinski definition) is 2. The molecule has 0 heterocycles. The van der Waals surface area contributed by atoms with Gasteiger partial charge >= 0.3 is 0 Å². The molecule has 1 aliphatic carbocycles. The molecule has 1 rings (SSSR count). The first-order chi connectivity index (χ1) is 9.65. The Balaban J connectivity index is 2.60. The Labute approximate surface area is 126 Å². The summed E-state index contributed by atoms with van der Waals surface area (Å²) in [7, 11) is 0. The van der Waals surface area contributed by atoms with E-state index >= 15 is 0 Å². The van der Waals surface area contributed by atoms with Crippen LogP contribution in [0.4, 0.5) is 0 Å². The second-order valence-electron chi connectivity index (χ2n) is 6.82. The van der Waals surface area contributed by atoms with Crippen molar-refractivity contribution in [1.82, 2.24) is 10.2 Å². The molecule has 3 heteroatoms. The van der Waals surface area contributed by atoms with Crippen LogP contribution >= 0.6 is 0 Å². The summed E-state index contributed by atoms with van der Waals surface area (Å²) in [6.07, 6.45) is 7.63. The zero-order chi connectivity index (χ0) is 14.8. The third-order valence-electron chi connectivity index (χ3n) is 4.75. The van der Waals surface area contributed by atoms with Crippen LogP contribution in [0, 0.1) is 11.3 Å². The molecule has 0 amide bonds. The normalized spacial score (nSPS) is 27.1. The summed E-state index contributed by atoms with van der Waals surface area (Å²) in [6.45, 7) is 12.9. The molecule has 1 fully saturated rings. The maximum Gasteiger partial charge on any atom is 0.0443 e. The summed E-state index contributed by atoms with van der Waals surface area (Å²) >= 11 is 0. The molecule has 2 atom stereocenters. The van der Waals surface area contributed by atoms with Crippen molar-refractivity contribution < 1.29 is 5.11 Å². The number of aliphatic hydroxyl groups excluding tert-OH is 1. The fraction of sp³-hybridized carbons (Fsp3) is 1.00. The minimum Gasteiger partial charge on any atom is -0.396 e. The molecule has 1 aliphatic rings. The van der Waals surface area contributed by atoms with E-state index in [-0.39, 0.29) is 0 Å². The smallest absolute Gasteiger partial charge is 0.0443 e. The average Bonchev–Trinajstić information content (AvgIpc) is 2.44. The summed E-state index contributed by atoms with van der Waals surface area (Å²) in [5, 5.41) is 12.7. The summed E-state index contributed by atoms with van der Waals surface area (Å²) in [6, 6.07) is 0. The highest BCUT2D eigenvalue weighted by Crippen LogP contribution is 2.39. The fourth-order valence-electron chi connectivity index (χ4n) is 3.78. The third-order valence-corrected chi connectivity index (χ3v) is 4.75. The lowest BCUT2D eigenvalue weighted by Gasteiger charge is -2.43. The molecule has 1 saturated carbocycles. The molecule has 20 heavy (non-hydrogen) atoms. The van der Waals surface area contributed by atoms with Crippen LogP contribution in [-0.4, -0.2) is 49.3 Å². The molecule has 0 aromatic rings. The van der Waals surface area contributed by atoms with Gasteiger partial charge in [-0.15, -0.1) is 0 Å². The van der Waals surface area contributed by atoms with Gasteiger partial charge in [0.2, 0.25) is 0 Å². The van der Waals surface area contributed by atoms with Gasteiger partial charge in [0.15, 0.2) is 0 Å². The fourth-order valence-corrected chi connectivity index (χ4v) is 3.78. The summed E-state index contributed by atoms with van der Waals surface area (Å²) < 4.78 is 0. The highest BCUT2D eigenvalue weighted by atomic mass is 16.3. The Morgan fingerprint density at radius 2 is 2.15 bits per heavy atom. The second kappa shape index (κ2) is 9.75. The quantitative estimate of drug-likeness (QED) is 0.606. The van der Waals surface area contributed by atoms with Crippen molar-refractivity contribution in [3.63, 3.8) is 0 Å². The van der Waals surface area contributed by atoms with Crippen LogP contribution in [0.3, 0.4) is 0 Å². The Hall–Kier alpha value is -0.120. The largest absolute Gasteiger partial charge is 0.396 e. The molecule has 2 N–H and O–H groups in total. The lowest BCUT2D eigenvalue weighted by atomic mass is 9.69. The Morgan fingerprint density at radius 3 is 2.75 bits per heavy atom. The van der Waals surface area contributed by atoms with Crippen LogP contribution in [-0.2, 0) is 0 Å². The highest BCUT2D eigenvalue weighted by molar-refractivity contribution is 4.89. The van der Waals surface area contributed by atoms with E-state index in [0.717, 1.165) is 32.0 Å². The molecule has 0 saturated heterocycles. The van der Waals surface area contributed by atoms with Gasteiger partial charge in [-0.25, -0.2) is 0 Å². The molecular formula is C17H36N2O. The molecule has 0 aliphatic heterocycles. The van der Waals surface area contributed by atoms with Crippen LogP contribution in [0.15, 0.2) is 0 Å². The van der Waals surface area contributed by atoms with Crippen LogP contribution in [0.2, 0.25) is 0 Å². The van der Waals surface area contributed by atoms with Crippen molar-refractivity contribution >= 4 is 0 Å². The molecule has 0 bridgehead atoms. The third kappa shape index (κ3) is 6.11. The standard InChI is InChI=1S/C17H36N2O/c1-4-10-18-14-17(9-6-8-16(3)13-17)15-19(5-2)11-7-12-20/h16,18,20H,4-15H2,1-3H3. The van der Waals surface area contributed by atoms with E-state index in [1.54, 1.807) is 0 Å². The number of nitrogens with one attached hydrogen (secondary N) is 1. The van der Waals surface area contributed by atoms with Crippen molar-refractivity contribution in [3.05, 3.63) is 0 Å². The predicted octanol–water partition coefficient (Wildman–Crippen LogP) is 2.89. The van der Waals surface area contributed by atoms with Crippen molar-refractivity contribution in [2.45, 2.75) is 59.3 Å². The zero-order valence-electron chi connectivity index (χ0n) is 14.0. The lowest BCUT2D eigenvalue weighted by Crippen LogP contribution is -2.47. The average molecular weight is 284 g/mol. The Morgan fingerprint density at radius 1 is 1.35 bits per heavy atom. The molecule has 3 nitrogen and oxygen atoms in total. The zero-order valence-corrected chi connectivity index (χ0v) is 14.0. The summed E-state index contributed by atoms with van der Waals surface area (Å²) in [4.78, 5) is 2.54. The Kier molecular flexibility index (Phi) is 8.74. The first-order valence-corrected chi connectivity index (χ1v) is 8.69. The van der Waals surface area contributed by atoms with Crippen molar-refractivity contribution in [1.29, 1.82) is 0 Å². The van der Waals surface area contributed by atoms with Gasteiger partial charge in [0.25, 0.3) is 0 Å². The molecule has 2 unspecified atom stereocenters. The maximum absolute atomic E-state index is 9.06. The van der Waals surface area contributed by atoms with Crippen molar-refractivity contribution in [2.24, 2.45) is 11.3 Å². The molecule has 0 radical (unpaired) electrons. The van der Waals surface area contributed by atoms with Crippen LogP contribution in [0.5, 0.6) is 0 Å². The minimum absolute atomic E-state index is 0.313. The Bertz CT molecular complexity index is 247.